The zero-order valence-corrected chi connectivity index (χ0v) is 12.9. The Balaban J connectivity index is 1.55. The Kier molecular flexibility index (Phi) is 4.80. The van der Waals surface area contributed by atoms with Crippen molar-refractivity contribution in [2.24, 2.45) is 0 Å². The molecule has 0 bridgehead atoms. The van der Waals surface area contributed by atoms with Crippen molar-refractivity contribution >= 4 is 23.4 Å². The number of nitrogens with one attached hydrogen (secondary N) is 1. The van der Waals surface area contributed by atoms with Crippen LogP contribution in [0.25, 0.3) is 5.69 Å². The number of benzene rings is 2. The highest BCUT2D eigenvalue weighted by atomic mass is 32.2. The third-order valence-electron chi connectivity index (χ3n) is 2.92. The van der Waals surface area contributed by atoms with Crippen LogP contribution >= 0.6 is 11.8 Å². The second-order valence-electron chi connectivity index (χ2n) is 4.52. The number of carbonyl (C=O) groups is 1. The zero-order chi connectivity index (χ0) is 15.9. The smallest absolute Gasteiger partial charge is 0.248 e. The number of hydrogen-bond donors (Lipinski definition) is 1. The lowest BCUT2D eigenvalue weighted by Crippen LogP contribution is -2.07. The van der Waals surface area contributed by atoms with Crippen molar-refractivity contribution in [2.75, 3.05) is 5.32 Å². The van der Waals surface area contributed by atoms with Gasteiger partial charge in [-0.2, -0.15) is 0 Å². The van der Waals surface area contributed by atoms with Gasteiger partial charge in [0.2, 0.25) is 5.91 Å². The van der Waals surface area contributed by atoms with Crippen LogP contribution in [0, 0.1) is 0 Å². The van der Waals surface area contributed by atoms with Crippen LogP contribution in [0.1, 0.15) is 0 Å². The molecule has 0 fully saturated rings. The van der Waals surface area contributed by atoms with Gasteiger partial charge in [0, 0.05) is 16.7 Å². The second-order valence-corrected chi connectivity index (χ2v) is 5.50. The first-order valence-corrected chi connectivity index (χ1v) is 7.72. The second kappa shape index (κ2) is 7.37. The summed E-state index contributed by atoms with van der Waals surface area (Å²) in [6, 6.07) is 17.1. The number of aromatic nitrogens is 4. The van der Waals surface area contributed by atoms with Crippen LogP contribution in [0.3, 0.4) is 0 Å². The number of rotatable bonds is 5. The summed E-state index contributed by atoms with van der Waals surface area (Å²) in [5.74, 6) is -0.177. The third-order valence-corrected chi connectivity index (χ3v) is 3.73. The van der Waals surface area contributed by atoms with Gasteiger partial charge in [0.15, 0.2) is 0 Å². The van der Waals surface area contributed by atoms with E-state index in [1.54, 1.807) is 22.2 Å². The molecule has 0 aliphatic heterocycles. The van der Waals surface area contributed by atoms with E-state index in [2.05, 4.69) is 20.8 Å². The average Bonchev–Trinajstić information content (AvgIpc) is 3.11. The van der Waals surface area contributed by atoms with Crippen LogP contribution in [0.15, 0.2) is 77.3 Å². The van der Waals surface area contributed by atoms with E-state index in [9.17, 15) is 4.79 Å². The lowest BCUT2D eigenvalue weighted by Gasteiger charge is -2.04. The molecule has 0 spiro atoms. The van der Waals surface area contributed by atoms with Crippen LogP contribution in [0.5, 0.6) is 0 Å². The monoisotopic (exact) mass is 323 g/mol. The van der Waals surface area contributed by atoms with E-state index in [1.807, 2.05) is 42.5 Å². The largest absolute Gasteiger partial charge is 0.322 e. The molecule has 0 saturated heterocycles. The number of thioether (sulfide) groups is 1. The topological polar surface area (TPSA) is 72.7 Å². The van der Waals surface area contributed by atoms with Gasteiger partial charge >= 0.3 is 0 Å². The molecule has 1 aromatic heterocycles. The van der Waals surface area contributed by atoms with Gasteiger partial charge in [0.25, 0.3) is 0 Å². The molecule has 1 heterocycles. The number of amides is 1. The van der Waals surface area contributed by atoms with Crippen LogP contribution in [-0.2, 0) is 4.79 Å². The quantitative estimate of drug-likeness (QED) is 0.577. The van der Waals surface area contributed by atoms with Crippen LogP contribution in [0.4, 0.5) is 5.69 Å². The third kappa shape index (κ3) is 4.27. The summed E-state index contributed by atoms with van der Waals surface area (Å²) in [5, 5.41) is 15.5. The van der Waals surface area contributed by atoms with Crippen molar-refractivity contribution < 1.29 is 4.79 Å². The molecule has 3 rings (SSSR count). The molecular weight excluding hydrogens is 310 g/mol. The fourth-order valence-electron chi connectivity index (χ4n) is 1.83. The molecule has 6 nitrogen and oxygen atoms in total. The summed E-state index contributed by atoms with van der Waals surface area (Å²) in [7, 11) is 0. The molecule has 3 aromatic rings. The highest BCUT2D eigenvalue weighted by Gasteiger charge is 2.00. The summed E-state index contributed by atoms with van der Waals surface area (Å²) < 4.78 is 1.54. The first kappa shape index (κ1) is 15.0. The highest BCUT2D eigenvalue weighted by molar-refractivity contribution is 8.02. The maximum absolute atomic E-state index is 11.9. The van der Waals surface area contributed by atoms with Gasteiger partial charge in [-0.1, -0.05) is 30.0 Å². The molecule has 0 radical (unpaired) electrons. The van der Waals surface area contributed by atoms with Gasteiger partial charge in [-0.15, -0.1) is 5.10 Å². The van der Waals surface area contributed by atoms with Crippen molar-refractivity contribution in [1.29, 1.82) is 0 Å². The Labute approximate surface area is 137 Å². The van der Waals surface area contributed by atoms with Crippen molar-refractivity contribution in [3.63, 3.8) is 0 Å². The summed E-state index contributed by atoms with van der Waals surface area (Å²) in [5.41, 5.74) is 1.53. The Bertz CT molecular complexity index is 785. The molecule has 2 aromatic carbocycles. The minimum absolute atomic E-state index is 0.177. The van der Waals surface area contributed by atoms with E-state index >= 15 is 0 Å². The minimum Gasteiger partial charge on any atom is -0.322 e. The Morgan fingerprint density at radius 3 is 2.57 bits per heavy atom. The molecular formula is C16H13N5OS. The van der Waals surface area contributed by atoms with Crippen LogP contribution < -0.4 is 5.32 Å². The number of tetrazole rings is 1. The summed E-state index contributed by atoms with van der Waals surface area (Å²) in [6.07, 6.45) is 3.02. The van der Waals surface area contributed by atoms with E-state index < -0.39 is 0 Å². The maximum Gasteiger partial charge on any atom is 0.248 e. The molecule has 114 valence electrons. The predicted molar refractivity (Wildman–Crippen MR) is 89.2 cm³/mol. The fourth-order valence-corrected chi connectivity index (χ4v) is 2.50. The number of hydrogen-bond acceptors (Lipinski definition) is 5. The molecule has 0 unspecified atom stereocenters. The van der Waals surface area contributed by atoms with E-state index in [0.29, 0.717) is 5.69 Å². The highest BCUT2D eigenvalue weighted by Crippen LogP contribution is 2.18. The lowest BCUT2D eigenvalue weighted by molar-refractivity contribution is -0.111. The van der Waals surface area contributed by atoms with Gasteiger partial charge in [0.1, 0.15) is 6.33 Å². The molecule has 23 heavy (non-hydrogen) atoms. The van der Waals surface area contributed by atoms with Crippen LogP contribution in [-0.4, -0.2) is 26.1 Å². The minimum atomic E-state index is -0.177. The van der Waals surface area contributed by atoms with E-state index in [0.717, 1.165) is 10.6 Å². The number of anilines is 1. The number of carbonyl (C=O) groups excluding carboxylic acids is 1. The summed E-state index contributed by atoms with van der Waals surface area (Å²) in [6.45, 7) is 0. The van der Waals surface area contributed by atoms with Crippen molar-refractivity contribution in [2.45, 2.75) is 4.90 Å². The zero-order valence-electron chi connectivity index (χ0n) is 12.0. The standard InChI is InChI=1S/C16H13N5OS/c22-16(10-11-23-15-4-2-1-3-5-15)18-13-6-8-14(9-7-13)21-12-17-19-20-21/h1-12H,(H,18,22). The molecule has 0 saturated carbocycles. The Hall–Kier alpha value is -2.93. The first-order chi connectivity index (χ1) is 11.3. The average molecular weight is 323 g/mol. The van der Waals surface area contributed by atoms with Gasteiger partial charge in [-0.25, -0.2) is 4.68 Å². The molecule has 1 amide bonds. The van der Waals surface area contributed by atoms with E-state index in [-0.39, 0.29) is 5.91 Å². The van der Waals surface area contributed by atoms with Crippen molar-refractivity contribution in [3.05, 3.63) is 72.4 Å². The molecule has 7 heteroatoms. The fraction of sp³-hybridized carbons (Fsp3) is 0. The summed E-state index contributed by atoms with van der Waals surface area (Å²) >= 11 is 1.49. The molecule has 1 N–H and O–H groups in total. The number of nitrogens with zero attached hydrogens (tertiary/aromatic N) is 4. The lowest BCUT2D eigenvalue weighted by atomic mass is 10.3. The van der Waals surface area contributed by atoms with E-state index in [1.165, 1.54) is 24.2 Å². The molecule has 0 atom stereocenters. The predicted octanol–water partition coefficient (Wildman–Crippen LogP) is 2.91. The van der Waals surface area contributed by atoms with Crippen molar-refractivity contribution in [3.8, 4) is 5.69 Å². The van der Waals surface area contributed by atoms with Gasteiger partial charge in [-0.3, -0.25) is 4.79 Å². The first-order valence-electron chi connectivity index (χ1n) is 6.84. The van der Waals surface area contributed by atoms with Crippen molar-refractivity contribution in [1.82, 2.24) is 20.2 Å². The molecule has 0 aliphatic rings. The van der Waals surface area contributed by atoms with Gasteiger partial charge in [0.05, 0.1) is 5.69 Å². The van der Waals surface area contributed by atoms with Crippen LogP contribution in [0.2, 0.25) is 0 Å². The van der Waals surface area contributed by atoms with Gasteiger partial charge < -0.3 is 5.32 Å². The Morgan fingerprint density at radius 1 is 1.09 bits per heavy atom. The normalized spacial score (nSPS) is 10.8. The Morgan fingerprint density at radius 2 is 1.87 bits per heavy atom. The van der Waals surface area contributed by atoms with E-state index in [4.69, 9.17) is 0 Å². The SMILES string of the molecule is O=C(C=CSc1ccccc1)Nc1ccc(-n2cnnn2)cc1. The maximum atomic E-state index is 11.9. The molecule has 0 aliphatic carbocycles. The van der Waals surface area contributed by atoms with Gasteiger partial charge in [-0.05, 0) is 52.2 Å². The summed E-state index contributed by atoms with van der Waals surface area (Å²) in [4.78, 5) is 13.0.